The van der Waals surface area contributed by atoms with Gasteiger partial charge in [-0.1, -0.05) is 45.8 Å². The molecule has 98 valence electrons. The van der Waals surface area contributed by atoms with Crippen molar-refractivity contribution in [3.8, 4) is 0 Å². The lowest BCUT2D eigenvalue weighted by molar-refractivity contribution is -0.130. The van der Waals surface area contributed by atoms with Gasteiger partial charge in [0.2, 0.25) is 0 Å². The van der Waals surface area contributed by atoms with Gasteiger partial charge in [0.25, 0.3) is 0 Å². The number of ketones is 1. The largest absolute Gasteiger partial charge is 0.299 e. The van der Waals surface area contributed by atoms with E-state index in [1.165, 1.54) is 25.7 Å². The third kappa shape index (κ3) is 5.06. The Hall–Kier alpha value is -0.590. The molecule has 1 atom stereocenters. The maximum absolute atomic E-state index is 11.9. The second-order valence-corrected chi connectivity index (χ2v) is 6.19. The first-order valence-corrected chi connectivity index (χ1v) is 7.23. The van der Waals surface area contributed by atoms with E-state index in [1.807, 2.05) is 0 Å². The number of unbranched alkanes of at least 4 members (excludes halogenated alkanes) is 1. The van der Waals surface area contributed by atoms with Crippen LogP contribution in [-0.2, 0) is 4.79 Å². The average Bonchev–Trinajstić information content (AvgIpc) is 2.27. The zero-order valence-corrected chi connectivity index (χ0v) is 11.8. The van der Waals surface area contributed by atoms with Crippen LogP contribution in [0.3, 0.4) is 0 Å². The fourth-order valence-corrected chi connectivity index (χ4v) is 2.56. The number of allylic oxidation sites excluding steroid dienone is 2. The Labute approximate surface area is 107 Å². The lowest BCUT2D eigenvalue weighted by atomic mass is 9.72. The molecule has 0 N–H and O–H groups in total. The summed E-state index contributed by atoms with van der Waals surface area (Å²) in [4.78, 5) is 11.9. The molecule has 1 fully saturated rings. The number of carbonyl (C=O) groups excluding carboxylic acids is 1. The summed E-state index contributed by atoms with van der Waals surface area (Å²) in [5.41, 5.74) is -0.0488. The predicted molar refractivity (Wildman–Crippen MR) is 74.0 cm³/mol. The van der Waals surface area contributed by atoms with Crippen LogP contribution in [0.15, 0.2) is 12.2 Å². The van der Waals surface area contributed by atoms with Crippen molar-refractivity contribution in [2.24, 2.45) is 11.3 Å². The molecule has 0 aromatic carbocycles. The molecule has 0 saturated heterocycles. The van der Waals surface area contributed by atoms with Crippen LogP contribution in [0.2, 0.25) is 0 Å². The van der Waals surface area contributed by atoms with Gasteiger partial charge in [-0.15, -0.1) is 0 Å². The first-order valence-electron chi connectivity index (χ1n) is 7.23. The summed E-state index contributed by atoms with van der Waals surface area (Å²) in [6, 6.07) is 0. The third-order valence-corrected chi connectivity index (χ3v) is 3.94. The van der Waals surface area contributed by atoms with Crippen LogP contribution in [0.5, 0.6) is 0 Å². The van der Waals surface area contributed by atoms with Gasteiger partial charge >= 0.3 is 0 Å². The molecule has 1 aliphatic carbocycles. The summed E-state index contributed by atoms with van der Waals surface area (Å²) in [5.74, 6) is 1.29. The molecule has 0 bridgehead atoms. The van der Waals surface area contributed by atoms with E-state index in [0.717, 1.165) is 31.6 Å². The summed E-state index contributed by atoms with van der Waals surface area (Å²) >= 11 is 0. The van der Waals surface area contributed by atoms with Crippen LogP contribution >= 0.6 is 0 Å². The molecule has 0 amide bonds. The maximum Gasteiger partial charge on any atom is 0.139 e. The maximum atomic E-state index is 11.9. The second-order valence-electron chi connectivity index (χ2n) is 6.19. The summed E-state index contributed by atoms with van der Waals surface area (Å²) in [5, 5.41) is 0. The first kappa shape index (κ1) is 14.5. The van der Waals surface area contributed by atoms with Crippen LogP contribution < -0.4 is 0 Å². The molecular weight excluding hydrogens is 208 g/mol. The molecule has 0 radical (unpaired) electrons. The van der Waals surface area contributed by atoms with E-state index in [1.54, 1.807) is 0 Å². The third-order valence-electron chi connectivity index (χ3n) is 3.94. The van der Waals surface area contributed by atoms with Gasteiger partial charge < -0.3 is 0 Å². The topological polar surface area (TPSA) is 17.1 Å². The fraction of sp³-hybridized carbons (Fsp3) is 0.812. The molecule has 1 rings (SSSR count). The minimum absolute atomic E-state index is 0.0488. The molecule has 1 heteroatoms. The zero-order valence-electron chi connectivity index (χ0n) is 11.8. The molecule has 0 aromatic rings. The van der Waals surface area contributed by atoms with Gasteiger partial charge in [0.05, 0.1) is 0 Å². The Morgan fingerprint density at radius 3 is 2.71 bits per heavy atom. The zero-order chi connectivity index (χ0) is 12.7. The van der Waals surface area contributed by atoms with Gasteiger partial charge in [-0.2, -0.15) is 0 Å². The van der Waals surface area contributed by atoms with E-state index in [2.05, 4.69) is 32.9 Å². The van der Waals surface area contributed by atoms with Crippen LogP contribution in [0.1, 0.15) is 72.1 Å². The van der Waals surface area contributed by atoms with Crippen molar-refractivity contribution < 1.29 is 4.79 Å². The number of Topliss-reactive ketones (excluding diaryl/α,β-unsaturated/α-hetero) is 1. The van der Waals surface area contributed by atoms with Crippen LogP contribution in [0.4, 0.5) is 0 Å². The predicted octanol–water partition coefficient (Wildman–Crippen LogP) is 4.91. The highest BCUT2D eigenvalue weighted by atomic mass is 16.1. The van der Waals surface area contributed by atoms with Crippen molar-refractivity contribution in [2.75, 3.05) is 0 Å². The number of carbonyl (C=O) groups is 1. The van der Waals surface area contributed by atoms with E-state index >= 15 is 0 Å². The van der Waals surface area contributed by atoms with E-state index in [4.69, 9.17) is 0 Å². The second kappa shape index (κ2) is 6.98. The Balaban J connectivity index is 2.24. The number of rotatable bonds is 6. The Kier molecular flexibility index (Phi) is 5.94. The minimum atomic E-state index is -0.0488. The average molecular weight is 236 g/mol. The lowest BCUT2D eigenvalue weighted by Crippen LogP contribution is -2.30. The SMILES string of the molecule is CC(C)CCC/C=C\CC1(C)CCCCC1=O. The molecule has 17 heavy (non-hydrogen) atoms. The van der Waals surface area contributed by atoms with Crippen molar-refractivity contribution in [3.63, 3.8) is 0 Å². The van der Waals surface area contributed by atoms with Crippen molar-refractivity contribution in [2.45, 2.75) is 72.1 Å². The normalized spacial score (nSPS) is 26.0. The van der Waals surface area contributed by atoms with E-state index in [0.29, 0.717) is 5.78 Å². The summed E-state index contributed by atoms with van der Waals surface area (Å²) in [6.07, 6.45) is 13.4. The minimum Gasteiger partial charge on any atom is -0.299 e. The Bertz CT molecular complexity index is 265. The smallest absolute Gasteiger partial charge is 0.139 e. The van der Waals surface area contributed by atoms with E-state index in [9.17, 15) is 4.79 Å². The Morgan fingerprint density at radius 1 is 1.29 bits per heavy atom. The van der Waals surface area contributed by atoms with Gasteiger partial charge in [0.15, 0.2) is 0 Å². The van der Waals surface area contributed by atoms with Crippen LogP contribution in [0.25, 0.3) is 0 Å². The number of hydrogen-bond donors (Lipinski definition) is 0. The molecule has 1 aliphatic rings. The molecule has 1 unspecified atom stereocenters. The van der Waals surface area contributed by atoms with E-state index in [-0.39, 0.29) is 5.41 Å². The molecule has 1 saturated carbocycles. The van der Waals surface area contributed by atoms with Gasteiger partial charge in [-0.25, -0.2) is 0 Å². The van der Waals surface area contributed by atoms with E-state index < -0.39 is 0 Å². The van der Waals surface area contributed by atoms with Gasteiger partial charge in [0.1, 0.15) is 5.78 Å². The quantitative estimate of drug-likeness (QED) is 0.473. The summed E-state index contributed by atoms with van der Waals surface area (Å²) < 4.78 is 0. The molecule has 1 nitrogen and oxygen atoms in total. The standard InChI is InChI=1S/C16H28O/c1-14(2)10-6-4-5-8-12-16(3)13-9-7-11-15(16)17/h5,8,14H,4,6-7,9-13H2,1-3H3/b8-5-. The van der Waals surface area contributed by atoms with Crippen molar-refractivity contribution in [3.05, 3.63) is 12.2 Å². The molecule has 0 aliphatic heterocycles. The first-order chi connectivity index (χ1) is 8.04. The molecule has 0 spiro atoms. The monoisotopic (exact) mass is 236 g/mol. The van der Waals surface area contributed by atoms with Crippen molar-refractivity contribution in [1.29, 1.82) is 0 Å². The highest BCUT2D eigenvalue weighted by molar-refractivity contribution is 5.85. The molecular formula is C16H28O. The van der Waals surface area contributed by atoms with Gasteiger partial charge in [-0.05, 0) is 38.0 Å². The summed E-state index contributed by atoms with van der Waals surface area (Å²) in [7, 11) is 0. The van der Waals surface area contributed by atoms with Crippen LogP contribution in [-0.4, -0.2) is 5.78 Å². The lowest BCUT2D eigenvalue weighted by Gasteiger charge is -2.30. The number of hydrogen-bond acceptors (Lipinski definition) is 1. The van der Waals surface area contributed by atoms with Crippen molar-refractivity contribution >= 4 is 5.78 Å². The van der Waals surface area contributed by atoms with Crippen LogP contribution in [0, 0.1) is 11.3 Å². The fourth-order valence-electron chi connectivity index (χ4n) is 2.56. The van der Waals surface area contributed by atoms with Crippen molar-refractivity contribution in [1.82, 2.24) is 0 Å². The summed E-state index contributed by atoms with van der Waals surface area (Å²) in [6.45, 7) is 6.68. The highest BCUT2D eigenvalue weighted by Gasteiger charge is 2.33. The Morgan fingerprint density at radius 2 is 2.06 bits per heavy atom. The van der Waals surface area contributed by atoms with Gasteiger partial charge in [0, 0.05) is 11.8 Å². The molecule has 0 heterocycles. The van der Waals surface area contributed by atoms with Gasteiger partial charge in [-0.3, -0.25) is 4.79 Å². The molecule has 0 aromatic heterocycles. The highest BCUT2D eigenvalue weighted by Crippen LogP contribution is 2.36.